The minimum Gasteiger partial charge on any atom is -0.352 e. The molecule has 1 aliphatic heterocycles. The highest BCUT2D eigenvalue weighted by atomic mass is 16.2. The highest BCUT2D eigenvalue weighted by Gasteiger charge is 2.30. The molecule has 0 aliphatic carbocycles. The minimum atomic E-state index is -0.326. The molecular weight excluding hydrogens is 280 g/mol. The maximum absolute atomic E-state index is 12.3. The molecule has 3 heterocycles. The lowest BCUT2D eigenvalue weighted by molar-refractivity contribution is -0.139. The average molecular weight is 302 g/mol. The summed E-state index contributed by atoms with van der Waals surface area (Å²) in [5.41, 5.74) is 0.506. The Morgan fingerprint density at radius 2 is 1.82 bits per heavy atom. The second-order valence-electron chi connectivity index (χ2n) is 6.73. The van der Waals surface area contributed by atoms with Crippen molar-refractivity contribution in [3.05, 3.63) is 12.5 Å². The molecule has 0 N–H and O–H groups in total. The third kappa shape index (κ3) is 2.51. The van der Waals surface area contributed by atoms with Crippen LogP contribution in [-0.4, -0.2) is 56.7 Å². The van der Waals surface area contributed by atoms with Crippen LogP contribution < -0.4 is 4.90 Å². The van der Waals surface area contributed by atoms with Gasteiger partial charge in [-0.3, -0.25) is 9.48 Å². The summed E-state index contributed by atoms with van der Waals surface area (Å²) in [6.07, 6.45) is 3.38. The SMILES string of the molecule is Cn1ncc2c(N3CCN(C(=O)C(C)(C)C)CC3)ncnc21. The Labute approximate surface area is 129 Å². The third-order valence-corrected chi connectivity index (χ3v) is 4.02. The second kappa shape index (κ2) is 5.23. The normalized spacial score (nSPS) is 16.4. The van der Waals surface area contributed by atoms with Gasteiger partial charge in [0.05, 0.1) is 11.6 Å². The summed E-state index contributed by atoms with van der Waals surface area (Å²) in [4.78, 5) is 25.2. The Morgan fingerprint density at radius 3 is 2.45 bits per heavy atom. The van der Waals surface area contributed by atoms with E-state index in [1.807, 2.05) is 32.7 Å². The van der Waals surface area contributed by atoms with Crippen molar-refractivity contribution in [3.63, 3.8) is 0 Å². The summed E-state index contributed by atoms with van der Waals surface area (Å²) in [5, 5.41) is 5.21. The number of rotatable bonds is 1. The second-order valence-corrected chi connectivity index (χ2v) is 6.73. The molecule has 0 saturated carbocycles. The molecule has 0 atom stereocenters. The van der Waals surface area contributed by atoms with Gasteiger partial charge in [0.2, 0.25) is 5.91 Å². The van der Waals surface area contributed by atoms with E-state index in [4.69, 9.17) is 0 Å². The third-order valence-electron chi connectivity index (χ3n) is 4.02. The van der Waals surface area contributed by atoms with Crippen LogP contribution in [0, 0.1) is 5.41 Å². The van der Waals surface area contributed by atoms with Crippen molar-refractivity contribution in [2.45, 2.75) is 20.8 Å². The smallest absolute Gasteiger partial charge is 0.228 e. The molecule has 3 rings (SSSR count). The molecule has 1 amide bonds. The monoisotopic (exact) mass is 302 g/mol. The largest absolute Gasteiger partial charge is 0.352 e. The maximum atomic E-state index is 12.3. The summed E-state index contributed by atoms with van der Waals surface area (Å²) in [6, 6.07) is 0. The number of hydrogen-bond donors (Lipinski definition) is 0. The molecule has 2 aromatic rings. The van der Waals surface area contributed by atoms with Gasteiger partial charge in [0, 0.05) is 38.6 Å². The standard InChI is InChI=1S/C15H22N6O/c1-15(2,3)14(22)21-7-5-20(6-8-21)13-11-9-18-19(4)12(11)16-10-17-13/h9-10H,5-8H2,1-4H3. The van der Waals surface area contributed by atoms with Crippen LogP contribution in [0.3, 0.4) is 0 Å². The van der Waals surface area contributed by atoms with E-state index in [2.05, 4.69) is 20.0 Å². The van der Waals surface area contributed by atoms with Crippen molar-refractivity contribution in [3.8, 4) is 0 Å². The van der Waals surface area contributed by atoms with Crippen LogP contribution in [0.5, 0.6) is 0 Å². The van der Waals surface area contributed by atoms with Crippen molar-refractivity contribution < 1.29 is 4.79 Å². The number of amides is 1. The van der Waals surface area contributed by atoms with Gasteiger partial charge < -0.3 is 9.80 Å². The van der Waals surface area contributed by atoms with Crippen molar-refractivity contribution >= 4 is 22.8 Å². The number of hydrogen-bond acceptors (Lipinski definition) is 5. The number of piperazine rings is 1. The van der Waals surface area contributed by atoms with Gasteiger partial charge >= 0.3 is 0 Å². The van der Waals surface area contributed by atoms with Crippen molar-refractivity contribution in [1.82, 2.24) is 24.6 Å². The number of carbonyl (C=O) groups is 1. The summed E-state index contributed by atoms with van der Waals surface area (Å²) in [7, 11) is 1.87. The van der Waals surface area contributed by atoms with E-state index in [0.717, 1.165) is 43.0 Å². The van der Waals surface area contributed by atoms with Crippen LogP contribution in [0.2, 0.25) is 0 Å². The molecule has 0 aromatic carbocycles. The van der Waals surface area contributed by atoms with Crippen molar-refractivity contribution in [1.29, 1.82) is 0 Å². The summed E-state index contributed by atoms with van der Waals surface area (Å²) in [6.45, 7) is 8.90. The number of aryl methyl sites for hydroxylation is 1. The molecule has 1 saturated heterocycles. The van der Waals surface area contributed by atoms with E-state index in [-0.39, 0.29) is 11.3 Å². The quantitative estimate of drug-likeness (QED) is 0.788. The zero-order chi connectivity index (χ0) is 15.9. The first kappa shape index (κ1) is 14.7. The highest BCUT2D eigenvalue weighted by molar-refractivity contribution is 5.87. The Hall–Kier alpha value is -2.18. The molecule has 7 nitrogen and oxygen atoms in total. The lowest BCUT2D eigenvalue weighted by atomic mass is 9.94. The van der Waals surface area contributed by atoms with E-state index in [0.29, 0.717) is 0 Å². The van der Waals surface area contributed by atoms with E-state index < -0.39 is 0 Å². The fourth-order valence-electron chi connectivity index (χ4n) is 2.80. The Bertz CT molecular complexity index is 694. The van der Waals surface area contributed by atoms with Crippen molar-refractivity contribution in [2.75, 3.05) is 31.1 Å². The number of nitrogens with zero attached hydrogens (tertiary/aromatic N) is 6. The van der Waals surface area contributed by atoms with Crippen LogP contribution in [0.25, 0.3) is 11.0 Å². The van der Waals surface area contributed by atoms with Gasteiger partial charge in [0.15, 0.2) is 5.65 Å². The van der Waals surface area contributed by atoms with Crippen LogP contribution in [-0.2, 0) is 11.8 Å². The Balaban J connectivity index is 1.77. The zero-order valence-corrected chi connectivity index (χ0v) is 13.6. The van der Waals surface area contributed by atoms with Crippen LogP contribution in [0.1, 0.15) is 20.8 Å². The van der Waals surface area contributed by atoms with Gasteiger partial charge in [-0.1, -0.05) is 20.8 Å². The highest BCUT2D eigenvalue weighted by Crippen LogP contribution is 2.24. The minimum absolute atomic E-state index is 0.210. The van der Waals surface area contributed by atoms with E-state index >= 15 is 0 Å². The maximum Gasteiger partial charge on any atom is 0.228 e. The average Bonchev–Trinajstić information content (AvgIpc) is 2.87. The zero-order valence-electron chi connectivity index (χ0n) is 13.6. The fraction of sp³-hybridized carbons (Fsp3) is 0.600. The first-order valence-corrected chi connectivity index (χ1v) is 7.55. The predicted molar refractivity (Wildman–Crippen MR) is 84.6 cm³/mol. The number of aromatic nitrogens is 4. The predicted octanol–water partition coefficient (Wildman–Crippen LogP) is 1.06. The fourth-order valence-corrected chi connectivity index (χ4v) is 2.80. The van der Waals surface area contributed by atoms with Gasteiger partial charge in [-0.05, 0) is 0 Å². The summed E-state index contributed by atoms with van der Waals surface area (Å²) >= 11 is 0. The molecule has 7 heteroatoms. The Kier molecular flexibility index (Phi) is 3.50. The van der Waals surface area contributed by atoms with Crippen molar-refractivity contribution in [2.24, 2.45) is 12.5 Å². The molecule has 1 fully saturated rings. The molecular formula is C15H22N6O. The molecule has 2 aromatic heterocycles. The number of anilines is 1. The Morgan fingerprint density at radius 1 is 1.14 bits per heavy atom. The van der Waals surface area contributed by atoms with E-state index in [1.54, 1.807) is 17.2 Å². The summed E-state index contributed by atoms with van der Waals surface area (Å²) < 4.78 is 1.75. The molecule has 22 heavy (non-hydrogen) atoms. The number of carbonyl (C=O) groups excluding carboxylic acids is 1. The van der Waals surface area contributed by atoms with E-state index in [1.165, 1.54) is 0 Å². The van der Waals surface area contributed by atoms with Gasteiger partial charge in [-0.2, -0.15) is 5.10 Å². The molecule has 0 unspecified atom stereocenters. The molecule has 0 radical (unpaired) electrons. The first-order valence-electron chi connectivity index (χ1n) is 7.55. The van der Waals surface area contributed by atoms with Gasteiger partial charge in [-0.15, -0.1) is 0 Å². The van der Waals surface area contributed by atoms with Crippen LogP contribution in [0.15, 0.2) is 12.5 Å². The molecule has 118 valence electrons. The lowest BCUT2D eigenvalue weighted by Crippen LogP contribution is -2.51. The molecule has 0 spiro atoms. The lowest BCUT2D eigenvalue weighted by Gasteiger charge is -2.38. The van der Waals surface area contributed by atoms with E-state index in [9.17, 15) is 4.79 Å². The molecule has 1 aliphatic rings. The van der Waals surface area contributed by atoms with Gasteiger partial charge in [-0.25, -0.2) is 9.97 Å². The summed E-state index contributed by atoms with van der Waals surface area (Å²) in [5.74, 6) is 1.11. The first-order chi connectivity index (χ1) is 10.4. The van der Waals surface area contributed by atoms with Crippen LogP contribution in [0.4, 0.5) is 5.82 Å². The topological polar surface area (TPSA) is 67.2 Å². The number of fused-ring (bicyclic) bond motifs is 1. The van der Waals surface area contributed by atoms with Gasteiger partial charge in [0.1, 0.15) is 12.1 Å². The van der Waals surface area contributed by atoms with Crippen LogP contribution >= 0.6 is 0 Å². The van der Waals surface area contributed by atoms with Gasteiger partial charge in [0.25, 0.3) is 0 Å². The molecule has 0 bridgehead atoms.